The Morgan fingerprint density at radius 3 is 3.00 bits per heavy atom. The van der Waals surface area contributed by atoms with Crippen LogP contribution < -0.4 is 4.90 Å². The maximum atomic E-state index is 5.77. The Morgan fingerprint density at radius 1 is 1.44 bits per heavy atom. The Bertz CT molecular complexity index is 442. The molecule has 0 aliphatic heterocycles. The molecule has 0 N–H and O–H groups in total. The number of hydrogen-bond acceptors (Lipinski definition) is 3. The van der Waals surface area contributed by atoms with Crippen LogP contribution in [-0.4, -0.2) is 12.0 Å². The molecular weight excluding hydrogens is 240 g/mol. The lowest BCUT2D eigenvalue weighted by atomic mass is 10.2. The summed E-state index contributed by atoms with van der Waals surface area (Å²) in [5.41, 5.74) is 3.39. The van der Waals surface area contributed by atoms with Crippen molar-refractivity contribution in [3.05, 3.63) is 46.4 Å². The molecule has 0 bridgehead atoms. The summed E-state index contributed by atoms with van der Waals surface area (Å²) in [6, 6.07) is 6.17. The second-order valence-electron chi connectivity index (χ2n) is 3.63. The molecule has 0 fully saturated rings. The fraction of sp³-hybridized carbons (Fsp3) is 0.250. The number of anilines is 1. The van der Waals surface area contributed by atoms with Gasteiger partial charge in [0, 0.05) is 25.5 Å². The summed E-state index contributed by atoms with van der Waals surface area (Å²) in [5.74, 6) is 0.458. The SMILES string of the molecule is CN(Cc1ccsc1)c1ccnc(CCl)c1. The van der Waals surface area contributed by atoms with Crippen LogP contribution in [0.15, 0.2) is 35.2 Å². The van der Waals surface area contributed by atoms with Gasteiger partial charge in [-0.05, 0) is 34.5 Å². The average Bonchev–Trinajstić information content (AvgIpc) is 2.82. The van der Waals surface area contributed by atoms with E-state index in [1.54, 1.807) is 17.5 Å². The van der Waals surface area contributed by atoms with Crippen molar-refractivity contribution in [3.63, 3.8) is 0 Å². The van der Waals surface area contributed by atoms with Crippen LogP contribution in [0, 0.1) is 0 Å². The van der Waals surface area contributed by atoms with Gasteiger partial charge in [0.1, 0.15) is 0 Å². The van der Waals surface area contributed by atoms with Gasteiger partial charge in [-0.1, -0.05) is 0 Å². The van der Waals surface area contributed by atoms with Crippen molar-refractivity contribution in [2.24, 2.45) is 0 Å². The highest BCUT2D eigenvalue weighted by Crippen LogP contribution is 2.17. The van der Waals surface area contributed by atoms with Crippen molar-refractivity contribution < 1.29 is 0 Å². The zero-order valence-corrected chi connectivity index (χ0v) is 10.6. The second-order valence-corrected chi connectivity index (χ2v) is 4.67. The van der Waals surface area contributed by atoms with Crippen LogP contribution in [0.25, 0.3) is 0 Å². The standard InChI is InChI=1S/C12H13ClN2S/c1-15(8-10-3-5-16-9-10)12-2-4-14-11(6-12)7-13/h2-6,9H,7-8H2,1H3. The van der Waals surface area contributed by atoms with E-state index < -0.39 is 0 Å². The van der Waals surface area contributed by atoms with E-state index in [1.165, 1.54) is 5.56 Å². The van der Waals surface area contributed by atoms with E-state index in [2.05, 4.69) is 33.8 Å². The van der Waals surface area contributed by atoms with Crippen LogP contribution in [0.5, 0.6) is 0 Å². The maximum absolute atomic E-state index is 5.77. The predicted octanol–water partition coefficient (Wildman–Crippen LogP) is 3.52. The average molecular weight is 253 g/mol. The molecule has 2 nitrogen and oxygen atoms in total. The first-order valence-corrected chi connectivity index (χ1v) is 6.50. The highest BCUT2D eigenvalue weighted by atomic mass is 35.5. The quantitative estimate of drug-likeness (QED) is 0.774. The third-order valence-electron chi connectivity index (χ3n) is 2.38. The lowest BCUT2D eigenvalue weighted by Gasteiger charge is -2.18. The summed E-state index contributed by atoms with van der Waals surface area (Å²) in [5, 5.41) is 4.26. The van der Waals surface area contributed by atoms with Gasteiger partial charge in [-0.15, -0.1) is 11.6 Å². The molecule has 0 saturated carbocycles. The van der Waals surface area contributed by atoms with Crippen LogP contribution in [0.2, 0.25) is 0 Å². The molecule has 0 aliphatic rings. The molecular formula is C12H13ClN2S. The molecule has 0 atom stereocenters. The van der Waals surface area contributed by atoms with Crippen molar-refractivity contribution in [1.29, 1.82) is 0 Å². The smallest absolute Gasteiger partial charge is 0.0648 e. The molecule has 84 valence electrons. The third-order valence-corrected chi connectivity index (χ3v) is 3.38. The first-order valence-electron chi connectivity index (χ1n) is 5.02. The van der Waals surface area contributed by atoms with Crippen molar-refractivity contribution in [1.82, 2.24) is 4.98 Å². The van der Waals surface area contributed by atoms with Gasteiger partial charge in [-0.2, -0.15) is 11.3 Å². The van der Waals surface area contributed by atoms with Gasteiger partial charge in [0.25, 0.3) is 0 Å². The molecule has 16 heavy (non-hydrogen) atoms. The zero-order chi connectivity index (χ0) is 11.4. The summed E-state index contributed by atoms with van der Waals surface area (Å²) >= 11 is 7.49. The molecule has 0 aliphatic carbocycles. The first kappa shape index (κ1) is 11.4. The number of hydrogen-bond donors (Lipinski definition) is 0. The number of rotatable bonds is 4. The van der Waals surface area contributed by atoms with E-state index in [9.17, 15) is 0 Å². The molecule has 0 spiro atoms. The van der Waals surface area contributed by atoms with E-state index in [1.807, 2.05) is 12.1 Å². The summed E-state index contributed by atoms with van der Waals surface area (Å²) < 4.78 is 0. The van der Waals surface area contributed by atoms with E-state index in [0.29, 0.717) is 5.88 Å². The van der Waals surface area contributed by atoms with Crippen molar-refractivity contribution >= 4 is 28.6 Å². The summed E-state index contributed by atoms with van der Waals surface area (Å²) in [6.45, 7) is 0.912. The lowest BCUT2D eigenvalue weighted by molar-refractivity contribution is 0.922. The van der Waals surface area contributed by atoms with Crippen LogP contribution in [0.1, 0.15) is 11.3 Å². The third kappa shape index (κ3) is 2.74. The Balaban J connectivity index is 2.11. The van der Waals surface area contributed by atoms with Gasteiger partial charge >= 0.3 is 0 Å². The minimum atomic E-state index is 0.458. The summed E-state index contributed by atoms with van der Waals surface area (Å²) in [6.07, 6.45) is 1.80. The Morgan fingerprint density at radius 2 is 2.31 bits per heavy atom. The molecule has 0 aromatic carbocycles. The molecule has 0 radical (unpaired) electrons. The van der Waals surface area contributed by atoms with Crippen LogP contribution in [0.4, 0.5) is 5.69 Å². The van der Waals surface area contributed by atoms with Crippen LogP contribution in [-0.2, 0) is 12.4 Å². The highest BCUT2D eigenvalue weighted by molar-refractivity contribution is 7.07. The zero-order valence-electron chi connectivity index (χ0n) is 9.06. The van der Waals surface area contributed by atoms with E-state index >= 15 is 0 Å². The number of nitrogens with zero attached hydrogens (tertiary/aromatic N) is 2. The molecule has 0 amide bonds. The second kappa shape index (κ2) is 5.32. The van der Waals surface area contributed by atoms with Gasteiger partial charge in [-0.3, -0.25) is 4.98 Å². The van der Waals surface area contributed by atoms with Crippen molar-refractivity contribution in [2.45, 2.75) is 12.4 Å². The number of pyridine rings is 1. The number of thiophene rings is 1. The Hall–Kier alpha value is -1.06. The summed E-state index contributed by atoms with van der Waals surface area (Å²) in [7, 11) is 2.07. The molecule has 0 unspecified atom stereocenters. The molecule has 4 heteroatoms. The normalized spacial score (nSPS) is 10.4. The van der Waals surface area contributed by atoms with Gasteiger partial charge in [0.05, 0.1) is 11.6 Å². The molecule has 2 rings (SSSR count). The maximum Gasteiger partial charge on any atom is 0.0648 e. The first-order chi connectivity index (χ1) is 7.79. The number of alkyl halides is 1. The fourth-order valence-electron chi connectivity index (χ4n) is 1.52. The number of halogens is 1. The molecule has 0 saturated heterocycles. The van der Waals surface area contributed by atoms with Crippen LogP contribution in [0.3, 0.4) is 0 Å². The van der Waals surface area contributed by atoms with Crippen molar-refractivity contribution in [3.8, 4) is 0 Å². The highest BCUT2D eigenvalue weighted by Gasteiger charge is 2.03. The predicted molar refractivity (Wildman–Crippen MR) is 70.2 cm³/mol. The van der Waals surface area contributed by atoms with Crippen LogP contribution >= 0.6 is 22.9 Å². The van der Waals surface area contributed by atoms with E-state index in [4.69, 9.17) is 11.6 Å². The minimum Gasteiger partial charge on any atom is -0.370 e. The van der Waals surface area contributed by atoms with E-state index in [0.717, 1.165) is 17.9 Å². The largest absolute Gasteiger partial charge is 0.370 e. The van der Waals surface area contributed by atoms with Gasteiger partial charge < -0.3 is 4.90 Å². The van der Waals surface area contributed by atoms with Gasteiger partial charge in [0.2, 0.25) is 0 Å². The monoisotopic (exact) mass is 252 g/mol. The van der Waals surface area contributed by atoms with Gasteiger partial charge in [-0.25, -0.2) is 0 Å². The lowest BCUT2D eigenvalue weighted by Crippen LogP contribution is -2.16. The molecule has 2 aromatic heterocycles. The Labute approximate surface area is 105 Å². The molecule has 2 aromatic rings. The van der Waals surface area contributed by atoms with Gasteiger partial charge in [0.15, 0.2) is 0 Å². The molecule has 2 heterocycles. The summed E-state index contributed by atoms with van der Waals surface area (Å²) in [4.78, 5) is 6.37. The Kier molecular flexibility index (Phi) is 3.80. The number of aromatic nitrogens is 1. The fourth-order valence-corrected chi connectivity index (χ4v) is 2.33. The minimum absolute atomic E-state index is 0.458. The van der Waals surface area contributed by atoms with E-state index in [-0.39, 0.29) is 0 Å². The topological polar surface area (TPSA) is 16.1 Å². The van der Waals surface area contributed by atoms with Crippen molar-refractivity contribution in [2.75, 3.05) is 11.9 Å².